The fourth-order valence-corrected chi connectivity index (χ4v) is 2.16. The Kier molecular flexibility index (Phi) is 5.24. The van der Waals surface area contributed by atoms with Crippen molar-refractivity contribution in [2.75, 3.05) is 46.4 Å². The predicted molar refractivity (Wildman–Crippen MR) is 70.0 cm³/mol. The molecule has 0 saturated carbocycles. The van der Waals surface area contributed by atoms with Crippen molar-refractivity contribution in [3.8, 4) is 0 Å². The van der Waals surface area contributed by atoms with E-state index >= 15 is 0 Å². The van der Waals surface area contributed by atoms with Crippen molar-refractivity contribution in [3.63, 3.8) is 0 Å². The number of likely N-dealkylation sites (N-methyl/N-ethyl adjacent to an activating group) is 1. The molecule has 0 spiro atoms. The molecule has 0 atom stereocenters. The first-order valence-electron chi connectivity index (χ1n) is 6.58. The molecular formula is C14H20F2N2O. The summed E-state index contributed by atoms with van der Waals surface area (Å²) in [6, 6.07) is 3.75. The highest BCUT2D eigenvalue weighted by atomic mass is 19.1. The van der Waals surface area contributed by atoms with Crippen molar-refractivity contribution in [2.45, 2.75) is 6.54 Å². The Labute approximate surface area is 112 Å². The van der Waals surface area contributed by atoms with Crippen LogP contribution < -0.4 is 0 Å². The lowest BCUT2D eigenvalue weighted by molar-refractivity contribution is 0.0341. The van der Waals surface area contributed by atoms with Gasteiger partial charge in [-0.15, -0.1) is 0 Å². The van der Waals surface area contributed by atoms with Gasteiger partial charge in [-0.2, -0.15) is 0 Å². The molecule has 0 aliphatic carbocycles. The molecule has 1 aliphatic rings. The van der Waals surface area contributed by atoms with E-state index in [1.54, 1.807) is 0 Å². The predicted octanol–water partition coefficient (Wildman–Crippen LogP) is 1.73. The highest BCUT2D eigenvalue weighted by molar-refractivity contribution is 5.18. The zero-order valence-corrected chi connectivity index (χ0v) is 11.2. The van der Waals surface area contributed by atoms with Crippen molar-refractivity contribution in [1.82, 2.24) is 9.80 Å². The molecular weight excluding hydrogens is 250 g/mol. The number of rotatable bonds is 5. The fourth-order valence-electron chi connectivity index (χ4n) is 2.16. The first kappa shape index (κ1) is 14.4. The van der Waals surface area contributed by atoms with Crippen LogP contribution in [0.25, 0.3) is 0 Å². The molecule has 1 saturated heterocycles. The van der Waals surface area contributed by atoms with Crippen LogP contribution in [0.15, 0.2) is 18.2 Å². The third-order valence-corrected chi connectivity index (χ3v) is 3.36. The smallest absolute Gasteiger partial charge is 0.130 e. The third-order valence-electron chi connectivity index (χ3n) is 3.36. The summed E-state index contributed by atoms with van der Waals surface area (Å²) in [6.07, 6.45) is 0. The fraction of sp³-hybridized carbons (Fsp3) is 0.571. The minimum atomic E-state index is -0.530. The molecule has 1 fully saturated rings. The summed E-state index contributed by atoms with van der Waals surface area (Å²) in [5, 5.41) is 0. The van der Waals surface area contributed by atoms with Crippen molar-refractivity contribution in [3.05, 3.63) is 35.4 Å². The minimum Gasteiger partial charge on any atom is -0.379 e. The van der Waals surface area contributed by atoms with Gasteiger partial charge in [-0.1, -0.05) is 6.07 Å². The Morgan fingerprint density at radius 3 is 2.68 bits per heavy atom. The largest absolute Gasteiger partial charge is 0.379 e. The average molecular weight is 270 g/mol. The van der Waals surface area contributed by atoms with Gasteiger partial charge in [0.1, 0.15) is 11.6 Å². The SMILES string of the molecule is CN(CCN1CCOCC1)Cc1ccc(F)cc1F. The van der Waals surface area contributed by atoms with Crippen molar-refractivity contribution in [1.29, 1.82) is 0 Å². The molecule has 0 unspecified atom stereocenters. The molecule has 19 heavy (non-hydrogen) atoms. The van der Waals surface area contributed by atoms with E-state index in [0.717, 1.165) is 45.5 Å². The van der Waals surface area contributed by atoms with E-state index < -0.39 is 11.6 Å². The Morgan fingerprint density at radius 2 is 2.00 bits per heavy atom. The summed E-state index contributed by atoms with van der Waals surface area (Å²) >= 11 is 0. The van der Waals surface area contributed by atoms with E-state index in [-0.39, 0.29) is 0 Å². The number of nitrogens with zero attached hydrogens (tertiary/aromatic N) is 2. The van der Waals surface area contributed by atoms with Crippen LogP contribution in [-0.2, 0) is 11.3 Å². The van der Waals surface area contributed by atoms with E-state index in [9.17, 15) is 8.78 Å². The molecule has 1 aliphatic heterocycles. The van der Waals surface area contributed by atoms with Crippen LogP contribution in [0.1, 0.15) is 5.56 Å². The maximum absolute atomic E-state index is 13.5. The van der Waals surface area contributed by atoms with E-state index in [4.69, 9.17) is 4.74 Å². The number of hydrogen-bond acceptors (Lipinski definition) is 3. The Morgan fingerprint density at radius 1 is 1.26 bits per heavy atom. The van der Waals surface area contributed by atoms with E-state index in [1.807, 2.05) is 11.9 Å². The minimum absolute atomic E-state index is 0.474. The quantitative estimate of drug-likeness (QED) is 0.810. The van der Waals surface area contributed by atoms with Crippen LogP contribution in [-0.4, -0.2) is 56.2 Å². The summed E-state index contributed by atoms with van der Waals surface area (Å²) in [5.41, 5.74) is 0.533. The molecule has 0 amide bonds. The molecule has 0 bridgehead atoms. The topological polar surface area (TPSA) is 15.7 Å². The number of halogens is 2. The molecule has 1 heterocycles. The molecule has 106 valence electrons. The van der Waals surface area contributed by atoms with Gasteiger partial charge < -0.3 is 9.64 Å². The van der Waals surface area contributed by atoms with Gasteiger partial charge in [-0.3, -0.25) is 4.90 Å². The maximum Gasteiger partial charge on any atom is 0.130 e. The van der Waals surface area contributed by atoms with E-state index in [1.165, 1.54) is 12.1 Å². The lowest BCUT2D eigenvalue weighted by atomic mass is 10.2. The molecule has 0 aromatic heterocycles. The lowest BCUT2D eigenvalue weighted by Gasteiger charge is -2.28. The van der Waals surface area contributed by atoms with Gasteiger partial charge in [0.15, 0.2) is 0 Å². The first-order valence-corrected chi connectivity index (χ1v) is 6.58. The van der Waals surface area contributed by atoms with Crippen molar-refractivity contribution in [2.24, 2.45) is 0 Å². The van der Waals surface area contributed by atoms with Crippen LogP contribution in [0.5, 0.6) is 0 Å². The highest BCUT2D eigenvalue weighted by Gasteiger charge is 2.12. The van der Waals surface area contributed by atoms with E-state index in [0.29, 0.717) is 12.1 Å². The van der Waals surface area contributed by atoms with Gasteiger partial charge in [-0.05, 0) is 13.1 Å². The van der Waals surface area contributed by atoms with Crippen LogP contribution in [0.2, 0.25) is 0 Å². The third kappa shape index (κ3) is 4.53. The zero-order chi connectivity index (χ0) is 13.7. The molecule has 1 aromatic carbocycles. The molecule has 0 radical (unpaired) electrons. The molecule has 2 rings (SSSR count). The summed E-state index contributed by atoms with van der Waals surface area (Å²) < 4.78 is 31.6. The first-order chi connectivity index (χ1) is 9.15. The van der Waals surface area contributed by atoms with Gasteiger partial charge in [0.05, 0.1) is 13.2 Å². The van der Waals surface area contributed by atoms with Gasteiger partial charge in [0.25, 0.3) is 0 Å². The number of morpholine rings is 1. The van der Waals surface area contributed by atoms with Crippen LogP contribution in [0.4, 0.5) is 8.78 Å². The summed E-state index contributed by atoms with van der Waals surface area (Å²) in [7, 11) is 1.95. The second kappa shape index (κ2) is 6.93. The molecule has 3 nitrogen and oxygen atoms in total. The summed E-state index contributed by atoms with van der Waals surface area (Å²) in [4.78, 5) is 4.38. The van der Waals surface area contributed by atoms with Crippen molar-refractivity contribution >= 4 is 0 Å². The Balaban J connectivity index is 1.78. The van der Waals surface area contributed by atoms with Gasteiger partial charge in [0, 0.05) is 44.4 Å². The molecule has 5 heteroatoms. The van der Waals surface area contributed by atoms with Crippen LogP contribution >= 0.6 is 0 Å². The Bertz CT molecular complexity index is 408. The average Bonchev–Trinajstić information content (AvgIpc) is 2.41. The maximum atomic E-state index is 13.5. The normalized spacial score (nSPS) is 17.1. The highest BCUT2D eigenvalue weighted by Crippen LogP contribution is 2.11. The number of hydrogen-bond donors (Lipinski definition) is 0. The summed E-state index contributed by atoms with van der Waals surface area (Å²) in [6.45, 7) is 5.79. The van der Waals surface area contributed by atoms with Crippen LogP contribution in [0.3, 0.4) is 0 Å². The summed E-state index contributed by atoms with van der Waals surface area (Å²) in [5.74, 6) is -1.00. The van der Waals surface area contributed by atoms with Gasteiger partial charge in [0.2, 0.25) is 0 Å². The number of benzene rings is 1. The second-order valence-corrected chi connectivity index (χ2v) is 4.93. The van der Waals surface area contributed by atoms with Crippen LogP contribution in [0, 0.1) is 11.6 Å². The monoisotopic (exact) mass is 270 g/mol. The zero-order valence-electron chi connectivity index (χ0n) is 11.2. The van der Waals surface area contributed by atoms with Gasteiger partial charge >= 0.3 is 0 Å². The van der Waals surface area contributed by atoms with E-state index in [2.05, 4.69) is 4.90 Å². The Hall–Kier alpha value is -1.04. The lowest BCUT2D eigenvalue weighted by Crippen LogP contribution is -2.40. The second-order valence-electron chi connectivity index (χ2n) is 4.93. The number of ether oxygens (including phenoxy) is 1. The standard InChI is InChI=1S/C14H20F2N2O/c1-17(4-5-18-6-8-19-9-7-18)11-12-2-3-13(15)10-14(12)16/h2-3,10H,4-9,11H2,1H3. The van der Waals surface area contributed by atoms with Crippen molar-refractivity contribution < 1.29 is 13.5 Å². The molecule has 0 N–H and O–H groups in total. The molecule has 1 aromatic rings. The van der Waals surface area contributed by atoms with Gasteiger partial charge in [-0.25, -0.2) is 8.78 Å².